The molecule has 0 amide bonds. The van der Waals surface area contributed by atoms with E-state index < -0.39 is 5.97 Å². The van der Waals surface area contributed by atoms with Crippen LogP contribution >= 0.6 is 24.8 Å². The van der Waals surface area contributed by atoms with Crippen molar-refractivity contribution in [2.24, 2.45) is 5.92 Å². The largest absolute Gasteiger partial charge is 0.481 e. The first-order valence-electron chi connectivity index (χ1n) is 3.82. The molecular formula is C7H11NO2S2. The van der Waals surface area contributed by atoms with Crippen LogP contribution in [0.5, 0.6) is 0 Å². The molecule has 1 heterocycles. The lowest BCUT2D eigenvalue weighted by Gasteiger charge is -2.30. The van der Waals surface area contributed by atoms with E-state index in [1.807, 2.05) is 4.90 Å². The molecule has 0 bridgehead atoms. The molecule has 1 saturated heterocycles. The number of aliphatic carboxylic acids is 1. The maximum absolute atomic E-state index is 10.6. The maximum atomic E-state index is 10.6. The normalized spacial score (nSPS) is 23.8. The zero-order chi connectivity index (χ0) is 9.14. The van der Waals surface area contributed by atoms with Gasteiger partial charge in [0, 0.05) is 13.1 Å². The number of thiol groups is 1. The van der Waals surface area contributed by atoms with Crippen LogP contribution in [0.15, 0.2) is 0 Å². The Morgan fingerprint density at radius 1 is 1.67 bits per heavy atom. The Bertz CT molecular complexity index is 188. The molecular weight excluding hydrogens is 194 g/mol. The van der Waals surface area contributed by atoms with Crippen molar-refractivity contribution in [3.63, 3.8) is 0 Å². The Morgan fingerprint density at radius 2 is 2.33 bits per heavy atom. The zero-order valence-electron chi connectivity index (χ0n) is 6.56. The van der Waals surface area contributed by atoms with Gasteiger partial charge in [0.15, 0.2) is 0 Å². The Hall–Kier alpha value is -0.290. The number of rotatable bonds is 1. The highest BCUT2D eigenvalue weighted by atomic mass is 32.1. The van der Waals surface area contributed by atoms with Gasteiger partial charge >= 0.3 is 5.97 Å². The summed E-state index contributed by atoms with van der Waals surface area (Å²) in [6, 6.07) is 0. The van der Waals surface area contributed by atoms with E-state index in [0.717, 1.165) is 19.4 Å². The third-order valence-corrected chi connectivity index (χ3v) is 2.58. The summed E-state index contributed by atoms with van der Waals surface area (Å²) in [6.45, 7) is 1.35. The highest BCUT2D eigenvalue weighted by Gasteiger charge is 2.25. The van der Waals surface area contributed by atoms with Crippen LogP contribution in [0.2, 0.25) is 0 Å². The molecule has 3 nitrogen and oxygen atoms in total. The lowest BCUT2D eigenvalue weighted by molar-refractivity contribution is -0.143. The molecule has 1 aliphatic heterocycles. The van der Waals surface area contributed by atoms with Crippen molar-refractivity contribution in [1.29, 1.82) is 0 Å². The number of carboxylic acids is 1. The van der Waals surface area contributed by atoms with Gasteiger partial charge in [0.05, 0.1) is 5.92 Å². The van der Waals surface area contributed by atoms with Gasteiger partial charge in [0.1, 0.15) is 4.32 Å². The second-order valence-electron chi connectivity index (χ2n) is 2.91. The Labute approximate surface area is 82.2 Å². The lowest BCUT2D eigenvalue weighted by atomic mass is 9.99. The van der Waals surface area contributed by atoms with Crippen LogP contribution in [0.3, 0.4) is 0 Å². The SMILES string of the molecule is O=C(O)[C@H]1CCCN(C(=S)S)C1. The van der Waals surface area contributed by atoms with E-state index >= 15 is 0 Å². The van der Waals surface area contributed by atoms with Gasteiger partial charge in [-0.25, -0.2) is 0 Å². The monoisotopic (exact) mass is 205 g/mol. The molecule has 0 spiro atoms. The molecule has 0 saturated carbocycles. The quantitative estimate of drug-likeness (QED) is 0.495. The summed E-state index contributed by atoms with van der Waals surface area (Å²) in [4.78, 5) is 12.5. The minimum atomic E-state index is -0.732. The molecule has 1 atom stereocenters. The van der Waals surface area contributed by atoms with Crippen LogP contribution in [0.25, 0.3) is 0 Å². The second kappa shape index (κ2) is 4.09. The summed E-state index contributed by atoms with van der Waals surface area (Å²) in [5, 5.41) is 8.74. The topological polar surface area (TPSA) is 40.5 Å². The minimum Gasteiger partial charge on any atom is -0.481 e. The fraction of sp³-hybridized carbons (Fsp3) is 0.714. The molecule has 1 N–H and O–H groups in total. The van der Waals surface area contributed by atoms with Crippen LogP contribution in [0, 0.1) is 5.92 Å². The van der Waals surface area contributed by atoms with Crippen molar-refractivity contribution in [3.05, 3.63) is 0 Å². The molecule has 0 unspecified atom stereocenters. The van der Waals surface area contributed by atoms with Gasteiger partial charge < -0.3 is 10.0 Å². The molecule has 1 rings (SSSR count). The first-order valence-corrected chi connectivity index (χ1v) is 4.67. The molecule has 0 aromatic carbocycles. The van der Waals surface area contributed by atoms with Crippen LogP contribution in [-0.2, 0) is 4.79 Å². The molecule has 0 aromatic rings. The number of nitrogens with zero attached hydrogens (tertiary/aromatic N) is 1. The first kappa shape index (κ1) is 9.80. The summed E-state index contributed by atoms with van der Waals surface area (Å²) in [6.07, 6.45) is 1.64. The molecule has 1 fully saturated rings. The summed E-state index contributed by atoms with van der Waals surface area (Å²) in [5.74, 6) is -1.01. The molecule has 5 heteroatoms. The molecule has 12 heavy (non-hydrogen) atoms. The average Bonchev–Trinajstić information content (AvgIpc) is 2.04. The maximum Gasteiger partial charge on any atom is 0.308 e. The first-order chi connectivity index (χ1) is 5.61. The highest BCUT2D eigenvalue weighted by Crippen LogP contribution is 2.17. The van der Waals surface area contributed by atoms with E-state index in [1.165, 1.54) is 0 Å². The van der Waals surface area contributed by atoms with Crippen molar-refractivity contribution >= 4 is 35.1 Å². The molecule has 1 aliphatic rings. The summed E-state index contributed by atoms with van der Waals surface area (Å²) < 4.78 is 0.501. The van der Waals surface area contributed by atoms with E-state index in [-0.39, 0.29) is 5.92 Å². The Balaban J connectivity index is 2.51. The van der Waals surface area contributed by atoms with Crippen LogP contribution in [0.1, 0.15) is 12.8 Å². The number of hydrogen-bond donors (Lipinski definition) is 2. The second-order valence-corrected chi connectivity index (χ2v) is 4.02. The predicted molar refractivity (Wildman–Crippen MR) is 53.5 cm³/mol. The highest BCUT2D eigenvalue weighted by molar-refractivity contribution is 8.10. The third-order valence-electron chi connectivity index (χ3n) is 2.04. The van der Waals surface area contributed by atoms with Crippen molar-refractivity contribution in [2.45, 2.75) is 12.8 Å². The summed E-state index contributed by atoms with van der Waals surface area (Å²) in [7, 11) is 0. The fourth-order valence-electron chi connectivity index (χ4n) is 1.35. The smallest absolute Gasteiger partial charge is 0.308 e. The van der Waals surface area contributed by atoms with Crippen LogP contribution in [0.4, 0.5) is 0 Å². The van der Waals surface area contributed by atoms with Gasteiger partial charge in [0.2, 0.25) is 0 Å². The Kier molecular flexibility index (Phi) is 3.34. The van der Waals surface area contributed by atoms with Crippen molar-refractivity contribution in [3.8, 4) is 0 Å². The minimum absolute atomic E-state index is 0.274. The van der Waals surface area contributed by atoms with Crippen molar-refractivity contribution < 1.29 is 9.90 Å². The van der Waals surface area contributed by atoms with Crippen molar-refractivity contribution in [1.82, 2.24) is 4.90 Å². The van der Waals surface area contributed by atoms with E-state index in [1.54, 1.807) is 0 Å². The van der Waals surface area contributed by atoms with Gasteiger partial charge in [0.25, 0.3) is 0 Å². The van der Waals surface area contributed by atoms with Gasteiger partial charge in [-0.3, -0.25) is 4.79 Å². The van der Waals surface area contributed by atoms with Gasteiger partial charge in [-0.1, -0.05) is 12.2 Å². The molecule has 0 aliphatic carbocycles. The van der Waals surface area contributed by atoms with E-state index in [4.69, 9.17) is 17.3 Å². The summed E-state index contributed by atoms with van der Waals surface area (Å²) >= 11 is 8.87. The predicted octanol–water partition coefficient (Wildman–Crippen LogP) is 0.998. The van der Waals surface area contributed by atoms with E-state index in [9.17, 15) is 4.79 Å². The number of hydrogen-bond acceptors (Lipinski definition) is 2. The van der Waals surface area contributed by atoms with E-state index in [0.29, 0.717) is 10.9 Å². The molecule has 0 radical (unpaired) electrons. The Morgan fingerprint density at radius 3 is 2.83 bits per heavy atom. The number of carboxylic acid groups (broad SMARTS) is 1. The number of thiocarbonyl (C=S) groups is 1. The van der Waals surface area contributed by atoms with Gasteiger partial charge in [-0.2, -0.15) is 0 Å². The summed E-state index contributed by atoms with van der Waals surface area (Å²) in [5.41, 5.74) is 0. The molecule has 68 valence electrons. The number of carbonyl (C=O) groups is 1. The third kappa shape index (κ3) is 2.35. The van der Waals surface area contributed by atoms with Gasteiger partial charge in [-0.15, -0.1) is 12.6 Å². The van der Waals surface area contributed by atoms with Gasteiger partial charge in [-0.05, 0) is 12.8 Å². The van der Waals surface area contributed by atoms with Crippen LogP contribution in [-0.4, -0.2) is 33.4 Å². The van der Waals surface area contributed by atoms with E-state index in [2.05, 4.69) is 12.6 Å². The van der Waals surface area contributed by atoms with Crippen LogP contribution < -0.4 is 0 Å². The van der Waals surface area contributed by atoms with Crippen molar-refractivity contribution in [2.75, 3.05) is 13.1 Å². The molecule has 0 aromatic heterocycles. The zero-order valence-corrected chi connectivity index (χ0v) is 8.27. The average molecular weight is 205 g/mol. The number of likely N-dealkylation sites (tertiary alicyclic amines) is 1. The fourth-order valence-corrected chi connectivity index (χ4v) is 1.70. The standard InChI is InChI=1S/C7H11NO2S2/c9-6(10)5-2-1-3-8(4-5)7(11)12/h5H,1-4H2,(H,9,10)(H,11,12)/t5-/m0/s1. The number of piperidine rings is 1. The lowest BCUT2D eigenvalue weighted by Crippen LogP contribution is -2.39.